The van der Waals surface area contributed by atoms with Crippen LogP contribution in [0.3, 0.4) is 0 Å². The fourth-order valence-electron chi connectivity index (χ4n) is 5.67. The van der Waals surface area contributed by atoms with Crippen LogP contribution in [-0.4, -0.2) is 86.1 Å². The number of likely N-dealkylation sites (N-methyl/N-ethyl adjacent to an activating group) is 1. The summed E-state index contributed by atoms with van der Waals surface area (Å²) in [4.78, 5) is 35.3. The SMILES string of the molecule is CCCCC/C=C\C=C/[C@H](O)C/C=C\C/C=C/CCCC(=O)O[C@H](COC(=O)CCCCCCCCCCCCCCCC)COP(=O)(O)OCC[N+](C)(C)C. The molecule has 0 aliphatic heterocycles. The maximum absolute atomic E-state index is 12.7. The van der Waals surface area contributed by atoms with E-state index in [9.17, 15) is 24.2 Å². The lowest BCUT2D eigenvalue weighted by molar-refractivity contribution is -0.870. The molecule has 2 N–H and O–H groups in total. The van der Waals surface area contributed by atoms with Crippen LogP contribution in [-0.2, 0) is 32.7 Å². The van der Waals surface area contributed by atoms with Crippen LogP contribution < -0.4 is 0 Å². The largest absolute Gasteiger partial charge is 0.472 e. The maximum atomic E-state index is 12.7. The Morgan fingerprint density at radius 1 is 0.643 bits per heavy atom. The minimum Gasteiger partial charge on any atom is -0.462 e. The normalized spacial score (nSPS) is 14.6. The van der Waals surface area contributed by atoms with Crippen LogP contribution in [0, 0.1) is 0 Å². The summed E-state index contributed by atoms with van der Waals surface area (Å²) in [5.41, 5.74) is 0. The zero-order chi connectivity index (χ0) is 41.6. The van der Waals surface area contributed by atoms with E-state index < -0.39 is 38.6 Å². The molecular weight excluding hydrogens is 729 g/mol. The number of carbonyl (C=O) groups excluding carboxylic acids is 2. The molecule has 0 spiro atoms. The standard InChI is InChI=1S/C45H82NO9P/c1-6-8-10-12-14-15-16-17-18-19-20-24-28-32-36-44(48)52-40-43(41-54-56(50,51)53-39-38-46(3,4)5)55-45(49)37-33-29-25-21-23-27-31-35-42(47)34-30-26-22-13-11-9-7-2/h21-22,25-27,30-31,34,42-43,47H,6-20,23-24,28-29,32-33,35-41H2,1-5H3/p+1/b25-21+,26-22-,31-27-,34-30-/t42-,43+/m0/s1. The van der Waals surface area contributed by atoms with Crippen molar-refractivity contribution in [3.05, 3.63) is 48.6 Å². The first kappa shape index (κ1) is 53.9. The van der Waals surface area contributed by atoms with Gasteiger partial charge in [0.25, 0.3) is 0 Å². The molecule has 56 heavy (non-hydrogen) atoms. The lowest BCUT2D eigenvalue weighted by Gasteiger charge is -2.24. The van der Waals surface area contributed by atoms with Crippen molar-refractivity contribution >= 4 is 19.8 Å². The average Bonchev–Trinajstić information content (AvgIpc) is 3.14. The number of allylic oxidation sites excluding steroid dienone is 6. The highest BCUT2D eigenvalue weighted by Crippen LogP contribution is 2.43. The first-order chi connectivity index (χ1) is 26.9. The monoisotopic (exact) mass is 813 g/mol. The number of carbonyl (C=O) groups is 2. The molecule has 0 aromatic carbocycles. The van der Waals surface area contributed by atoms with Crippen LogP contribution in [0.15, 0.2) is 48.6 Å². The fraction of sp³-hybridized carbons (Fsp3) is 0.778. The van der Waals surface area contributed by atoms with Gasteiger partial charge in [-0.25, -0.2) is 4.57 Å². The molecule has 0 saturated carbocycles. The van der Waals surface area contributed by atoms with Crippen LogP contribution in [0.1, 0.15) is 168 Å². The number of aliphatic hydroxyl groups is 1. The molecule has 0 rings (SSSR count). The first-order valence-electron chi connectivity index (χ1n) is 22.0. The van der Waals surface area contributed by atoms with Crippen molar-refractivity contribution in [2.75, 3.05) is 47.5 Å². The third kappa shape index (κ3) is 40.1. The van der Waals surface area contributed by atoms with Crippen LogP contribution in [0.4, 0.5) is 0 Å². The van der Waals surface area contributed by atoms with Crippen molar-refractivity contribution in [3.8, 4) is 0 Å². The molecule has 0 saturated heterocycles. The van der Waals surface area contributed by atoms with Crippen molar-refractivity contribution < 1.29 is 47.2 Å². The Morgan fingerprint density at radius 3 is 1.82 bits per heavy atom. The number of esters is 2. The van der Waals surface area contributed by atoms with E-state index in [1.165, 1.54) is 89.9 Å². The van der Waals surface area contributed by atoms with Gasteiger partial charge >= 0.3 is 19.8 Å². The van der Waals surface area contributed by atoms with Gasteiger partial charge in [0, 0.05) is 12.8 Å². The molecule has 326 valence electrons. The smallest absolute Gasteiger partial charge is 0.462 e. The summed E-state index contributed by atoms with van der Waals surface area (Å²) in [5, 5.41) is 10.1. The van der Waals surface area contributed by atoms with E-state index >= 15 is 0 Å². The van der Waals surface area contributed by atoms with E-state index in [1.807, 2.05) is 57.6 Å². The van der Waals surface area contributed by atoms with Gasteiger partial charge in [-0.2, -0.15) is 0 Å². The summed E-state index contributed by atoms with van der Waals surface area (Å²) in [7, 11) is 1.40. The second kappa shape index (κ2) is 37.2. The topological polar surface area (TPSA) is 129 Å². The molecule has 0 amide bonds. The van der Waals surface area contributed by atoms with E-state index in [0.717, 1.165) is 32.1 Å². The number of hydrogen-bond donors (Lipinski definition) is 2. The van der Waals surface area contributed by atoms with E-state index in [1.54, 1.807) is 6.08 Å². The van der Waals surface area contributed by atoms with Crippen molar-refractivity contribution in [1.82, 2.24) is 0 Å². The van der Waals surface area contributed by atoms with Crippen molar-refractivity contribution in [2.45, 2.75) is 180 Å². The highest BCUT2D eigenvalue weighted by atomic mass is 31.2. The second-order valence-electron chi connectivity index (χ2n) is 15.9. The Hall–Kier alpha value is -2.07. The minimum absolute atomic E-state index is 0.00957. The summed E-state index contributed by atoms with van der Waals surface area (Å²) in [6.07, 6.45) is 39.0. The summed E-state index contributed by atoms with van der Waals surface area (Å²) >= 11 is 0. The van der Waals surface area contributed by atoms with Gasteiger partial charge in [0.1, 0.15) is 19.8 Å². The number of ether oxygens (including phenoxy) is 2. The summed E-state index contributed by atoms with van der Waals surface area (Å²) in [6.45, 7) is 4.23. The number of quaternary nitrogens is 1. The van der Waals surface area contributed by atoms with E-state index in [-0.39, 0.29) is 26.1 Å². The van der Waals surface area contributed by atoms with E-state index in [4.69, 9.17) is 18.5 Å². The van der Waals surface area contributed by atoms with Crippen LogP contribution in [0.2, 0.25) is 0 Å². The van der Waals surface area contributed by atoms with Crippen LogP contribution >= 0.6 is 7.82 Å². The maximum Gasteiger partial charge on any atom is 0.472 e. The molecule has 0 radical (unpaired) electrons. The van der Waals surface area contributed by atoms with E-state index in [0.29, 0.717) is 30.3 Å². The Kier molecular flexibility index (Phi) is 35.8. The number of phosphoric ester groups is 1. The third-order valence-electron chi connectivity index (χ3n) is 9.19. The molecule has 0 aliphatic rings. The van der Waals surface area contributed by atoms with Gasteiger partial charge < -0.3 is 24.0 Å². The quantitative estimate of drug-likeness (QED) is 0.0156. The second-order valence-corrected chi connectivity index (χ2v) is 17.4. The van der Waals surface area contributed by atoms with Crippen LogP contribution in [0.25, 0.3) is 0 Å². The zero-order valence-corrected chi connectivity index (χ0v) is 37.1. The van der Waals surface area contributed by atoms with Crippen molar-refractivity contribution in [3.63, 3.8) is 0 Å². The molecule has 0 aliphatic carbocycles. The summed E-state index contributed by atoms with van der Waals surface area (Å²) in [5.74, 6) is -0.904. The molecule has 0 aromatic rings. The van der Waals surface area contributed by atoms with E-state index in [2.05, 4.69) is 19.9 Å². The van der Waals surface area contributed by atoms with Gasteiger partial charge in [-0.1, -0.05) is 159 Å². The molecular formula is C45H83NO9P+. The van der Waals surface area contributed by atoms with Crippen molar-refractivity contribution in [2.24, 2.45) is 0 Å². The molecule has 0 fully saturated rings. The highest BCUT2D eigenvalue weighted by Gasteiger charge is 2.27. The highest BCUT2D eigenvalue weighted by molar-refractivity contribution is 7.47. The lowest BCUT2D eigenvalue weighted by Crippen LogP contribution is -2.37. The molecule has 11 heteroatoms. The van der Waals surface area contributed by atoms with Gasteiger partial charge in [-0.15, -0.1) is 0 Å². The number of unbranched alkanes of at least 4 members (excludes halogenated alkanes) is 17. The van der Waals surface area contributed by atoms with Crippen LogP contribution in [0.5, 0.6) is 0 Å². The molecule has 0 aromatic heterocycles. The van der Waals surface area contributed by atoms with Gasteiger partial charge in [-0.05, 0) is 44.9 Å². The molecule has 10 nitrogen and oxygen atoms in total. The number of rotatable bonds is 39. The Morgan fingerprint density at radius 2 is 1.20 bits per heavy atom. The predicted molar refractivity (Wildman–Crippen MR) is 230 cm³/mol. The molecule has 3 atom stereocenters. The van der Waals surface area contributed by atoms with Gasteiger partial charge in [0.05, 0.1) is 33.9 Å². The molecule has 0 heterocycles. The third-order valence-corrected chi connectivity index (χ3v) is 10.2. The Bertz CT molecular complexity index is 1120. The summed E-state index contributed by atoms with van der Waals surface area (Å²) < 4.78 is 34.2. The lowest BCUT2D eigenvalue weighted by atomic mass is 10.0. The Labute approximate surface area is 342 Å². The van der Waals surface area contributed by atoms with Gasteiger partial charge in [0.2, 0.25) is 0 Å². The average molecular weight is 813 g/mol. The predicted octanol–water partition coefficient (Wildman–Crippen LogP) is 11.3. The van der Waals surface area contributed by atoms with Gasteiger partial charge in [0.15, 0.2) is 6.10 Å². The molecule has 0 bridgehead atoms. The van der Waals surface area contributed by atoms with Crippen molar-refractivity contribution in [1.29, 1.82) is 0 Å². The summed E-state index contributed by atoms with van der Waals surface area (Å²) in [6, 6.07) is 0. The first-order valence-corrected chi connectivity index (χ1v) is 23.5. The Balaban J connectivity index is 4.52. The number of phosphoric acid groups is 1. The zero-order valence-electron chi connectivity index (χ0n) is 36.2. The number of nitrogens with zero attached hydrogens (tertiary/aromatic N) is 1. The van der Waals surface area contributed by atoms with Gasteiger partial charge in [-0.3, -0.25) is 18.6 Å². The fourth-order valence-corrected chi connectivity index (χ4v) is 6.42. The molecule has 1 unspecified atom stereocenters. The number of hydrogen-bond acceptors (Lipinski definition) is 8. The number of aliphatic hydroxyl groups excluding tert-OH is 1. The minimum atomic E-state index is -4.40.